The van der Waals surface area contributed by atoms with E-state index < -0.39 is 5.82 Å². The van der Waals surface area contributed by atoms with E-state index in [1.165, 1.54) is 24.5 Å². The van der Waals surface area contributed by atoms with Gasteiger partial charge in [0.15, 0.2) is 0 Å². The lowest BCUT2D eigenvalue weighted by atomic mass is 9.99. The molecule has 0 saturated carbocycles. The van der Waals surface area contributed by atoms with Gasteiger partial charge in [-0.2, -0.15) is 0 Å². The van der Waals surface area contributed by atoms with Crippen LogP contribution >= 0.6 is 0 Å². The molecule has 1 saturated heterocycles. The molecular formula is C24H26FN5O2. The van der Waals surface area contributed by atoms with Crippen LogP contribution in [-0.4, -0.2) is 40.7 Å². The minimum Gasteiger partial charge on any atom is -0.396 e. The van der Waals surface area contributed by atoms with Crippen molar-refractivity contribution in [3.05, 3.63) is 77.9 Å². The lowest BCUT2D eigenvalue weighted by molar-refractivity contribution is 0.102. The standard InChI is InChI=1S/C24H26FN5O2/c25-20-7-2-6-19(11-20)24(32)29-21-8-1-4-17(10-21)13-26-22-12-23(28-16-27-22)30-9-3-5-18(14-30)15-31/h1-2,4,6-8,10-12,16,18,31H,3,5,9,13-15H2,(H,29,32)(H,26,27,28). The zero-order valence-corrected chi connectivity index (χ0v) is 17.7. The van der Waals surface area contributed by atoms with Crippen LogP contribution in [0.25, 0.3) is 0 Å². The van der Waals surface area contributed by atoms with Crippen molar-refractivity contribution < 1.29 is 14.3 Å². The van der Waals surface area contributed by atoms with Gasteiger partial charge in [0.1, 0.15) is 23.8 Å². The molecule has 1 fully saturated rings. The molecule has 8 heteroatoms. The van der Waals surface area contributed by atoms with Crippen LogP contribution in [0.15, 0.2) is 60.9 Å². The number of hydrogen-bond donors (Lipinski definition) is 3. The van der Waals surface area contributed by atoms with E-state index in [-0.39, 0.29) is 24.0 Å². The van der Waals surface area contributed by atoms with E-state index in [0.717, 1.165) is 37.3 Å². The molecule has 3 N–H and O–H groups in total. The van der Waals surface area contributed by atoms with Gasteiger partial charge in [0.05, 0.1) is 0 Å². The Labute approximate surface area is 186 Å². The molecule has 1 aliphatic heterocycles. The zero-order valence-electron chi connectivity index (χ0n) is 17.7. The van der Waals surface area contributed by atoms with Crippen LogP contribution in [0.1, 0.15) is 28.8 Å². The number of nitrogens with one attached hydrogen (secondary N) is 2. The van der Waals surface area contributed by atoms with Crippen molar-refractivity contribution in [2.75, 3.05) is 35.2 Å². The highest BCUT2D eigenvalue weighted by Crippen LogP contribution is 2.23. The SMILES string of the molecule is O=C(Nc1cccc(CNc2cc(N3CCCC(CO)C3)ncn2)c1)c1cccc(F)c1. The maximum Gasteiger partial charge on any atom is 0.255 e. The van der Waals surface area contributed by atoms with Crippen molar-refractivity contribution in [2.24, 2.45) is 5.92 Å². The second-order valence-corrected chi connectivity index (χ2v) is 7.92. The fraction of sp³-hybridized carbons (Fsp3) is 0.292. The minimum absolute atomic E-state index is 0.193. The van der Waals surface area contributed by atoms with Gasteiger partial charge < -0.3 is 20.6 Å². The van der Waals surface area contributed by atoms with Gasteiger partial charge in [-0.15, -0.1) is 0 Å². The van der Waals surface area contributed by atoms with Gasteiger partial charge in [0.25, 0.3) is 5.91 Å². The number of rotatable bonds is 7. The summed E-state index contributed by atoms with van der Waals surface area (Å²) in [6.45, 7) is 2.41. The zero-order chi connectivity index (χ0) is 22.3. The molecule has 0 radical (unpaired) electrons. The average Bonchev–Trinajstić information content (AvgIpc) is 2.83. The molecule has 0 spiro atoms. The van der Waals surface area contributed by atoms with Gasteiger partial charge in [-0.25, -0.2) is 14.4 Å². The van der Waals surface area contributed by atoms with Gasteiger partial charge in [-0.1, -0.05) is 18.2 Å². The maximum absolute atomic E-state index is 13.4. The van der Waals surface area contributed by atoms with Gasteiger partial charge in [0.2, 0.25) is 0 Å². The molecule has 2 aromatic carbocycles. The fourth-order valence-electron chi connectivity index (χ4n) is 3.82. The number of carbonyl (C=O) groups excluding carboxylic acids is 1. The Hall–Kier alpha value is -3.52. The van der Waals surface area contributed by atoms with Crippen molar-refractivity contribution in [3.63, 3.8) is 0 Å². The van der Waals surface area contributed by atoms with E-state index >= 15 is 0 Å². The number of nitrogens with zero attached hydrogens (tertiary/aromatic N) is 3. The summed E-state index contributed by atoms with van der Waals surface area (Å²) in [5, 5.41) is 15.6. The Morgan fingerprint density at radius 2 is 2.03 bits per heavy atom. The van der Waals surface area contributed by atoms with Gasteiger partial charge in [-0.3, -0.25) is 4.79 Å². The van der Waals surface area contributed by atoms with Crippen molar-refractivity contribution >= 4 is 23.2 Å². The highest BCUT2D eigenvalue weighted by molar-refractivity contribution is 6.04. The minimum atomic E-state index is -0.448. The lowest BCUT2D eigenvalue weighted by Gasteiger charge is -2.32. The third-order valence-corrected chi connectivity index (χ3v) is 5.50. The van der Waals surface area contributed by atoms with Crippen LogP contribution in [-0.2, 0) is 6.54 Å². The summed E-state index contributed by atoms with van der Waals surface area (Å²) in [7, 11) is 0. The number of amides is 1. The molecule has 2 heterocycles. The molecular weight excluding hydrogens is 409 g/mol. The van der Waals surface area contributed by atoms with E-state index in [2.05, 4.69) is 25.5 Å². The molecule has 0 aliphatic carbocycles. The van der Waals surface area contributed by atoms with Gasteiger partial charge >= 0.3 is 0 Å². The summed E-state index contributed by atoms with van der Waals surface area (Å²) >= 11 is 0. The Kier molecular flexibility index (Phi) is 6.91. The summed E-state index contributed by atoms with van der Waals surface area (Å²) in [5.41, 5.74) is 1.86. The van der Waals surface area contributed by atoms with Crippen molar-refractivity contribution in [2.45, 2.75) is 19.4 Å². The number of halogens is 1. The quantitative estimate of drug-likeness (QED) is 0.524. The Morgan fingerprint density at radius 3 is 2.88 bits per heavy atom. The third kappa shape index (κ3) is 5.59. The smallest absolute Gasteiger partial charge is 0.255 e. The second-order valence-electron chi connectivity index (χ2n) is 7.92. The number of aliphatic hydroxyl groups excluding tert-OH is 1. The number of aromatic nitrogens is 2. The molecule has 166 valence electrons. The predicted molar refractivity (Wildman–Crippen MR) is 122 cm³/mol. The van der Waals surface area contributed by atoms with Gasteiger partial charge in [-0.05, 0) is 54.7 Å². The van der Waals surface area contributed by atoms with Crippen molar-refractivity contribution in [1.82, 2.24) is 9.97 Å². The first-order valence-electron chi connectivity index (χ1n) is 10.7. The average molecular weight is 436 g/mol. The number of anilines is 3. The number of carbonyl (C=O) groups is 1. The van der Waals surface area contributed by atoms with Crippen LogP contribution in [0.2, 0.25) is 0 Å². The second kappa shape index (κ2) is 10.2. The van der Waals surface area contributed by atoms with E-state index in [4.69, 9.17) is 0 Å². The normalized spacial score (nSPS) is 15.9. The van der Waals surface area contributed by atoms with Crippen LogP contribution in [0.5, 0.6) is 0 Å². The molecule has 1 aromatic heterocycles. The number of aliphatic hydroxyl groups is 1. The van der Waals surface area contributed by atoms with E-state index in [9.17, 15) is 14.3 Å². The van der Waals surface area contributed by atoms with E-state index in [1.807, 2.05) is 24.3 Å². The molecule has 7 nitrogen and oxygen atoms in total. The van der Waals surface area contributed by atoms with Crippen LogP contribution in [0.4, 0.5) is 21.7 Å². The summed E-state index contributed by atoms with van der Waals surface area (Å²) in [6, 6.07) is 15.0. The lowest BCUT2D eigenvalue weighted by Crippen LogP contribution is -2.37. The summed E-state index contributed by atoms with van der Waals surface area (Å²) in [6.07, 6.45) is 3.61. The molecule has 1 amide bonds. The maximum atomic E-state index is 13.4. The van der Waals surface area contributed by atoms with E-state index in [1.54, 1.807) is 12.1 Å². The number of piperidine rings is 1. The molecule has 3 aromatic rings. The highest BCUT2D eigenvalue weighted by Gasteiger charge is 2.20. The summed E-state index contributed by atoms with van der Waals surface area (Å²) in [4.78, 5) is 23.2. The largest absolute Gasteiger partial charge is 0.396 e. The summed E-state index contributed by atoms with van der Waals surface area (Å²) in [5.74, 6) is 1.02. The van der Waals surface area contributed by atoms with Crippen LogP contribution in [0.3, 0.4) is 0 Å². The fourth-order valence-corrected chi connectivity index (χ4v) is 3.82. The van der Waals surface area contributed by atoms with Crippen LogP contribution in [0, 0.1) is 11.7 Å². The predicted octanol–water partition coefficient (Wildman–Crippen LogP) is 3.69. The molecule has 1 unspecified atom stereocenters. The Bertz CT molecular complexity index is 1080. The molecule has 4 rings (SSSR count). The number of hydrogen-bond acceptors (Lipinski definition) is 6. The third-order valence-electron chi connectivity index (χ3n) is 5.50. The monoisotopic (exact) mass is 435 g/mol. The molecule has 1 atom stereocenters. The first-order valence-corrected chi connectivity index (χ1v) is 10.7. The highest BCUT2D eigenvalue weighted by atomic mass is 19.1. The molecule has 32 heavy (non-hydrogen) atoms. The van der Waals surface area contributed by atoms with Crippen molar-refractivity contribution in [1.29, 1.82) is 0 Å². The Balaban J connectivity index is 1.38. The molecule has 0 bridgehead atoms. The first kappa shape index (κ1) is 21.7. The first-order chi connectivity index (χ1) is 15.6. The molecule has 1 aliphatic rings. The van der Waals surface area contributed by atoms with E-state index in [0.29, 0.717) is 18.1 Å². The topological polar surface area (TPSA) is 90.4 Å². The van der Waals surface area contributed by atoms with Gasteiger partial charge in [0, 0.05) is 43.6 Å². The van der Waals surface area contributed by atoms with Crippen LogP contribution < -0.4 is 15.5 Å². The van der Waals surface area contributed by atoms with Crippen molar-refractivity contribution in [3.8, 4) is 0 Å². The summed E-state index contributed by atoms with van der Waals surface area (Å²) < 4.78 is 13.4. The Morgan fingerprint density at radius 1 is 1.16 bits per heavy atom. The number of benzene rings is 2.